The van der Waals surface area contributed by atoms with Crippen molar-refractivity contribution in [1.29, 1.82) is 0 Å². The number of likely N-dealkylation sites (N-methyl/N-ethyl adjacent to an activating group) is 1. The average Bonchev–Trinajstić information content (AvgIpc) is 2.48. The lowest BCUT2D eigenvalue weighted by Gasteiger charge is -2.11. The van der Waals surface area contributed by atoms with Crippen molar-refractivity contribution in [3.63, 3.8) is 0 Å². The normalized spacial score (nSPS) is 18.1. The Morgan fingerprint density at radius 1 is 1.31 bits per heavy atom. The Kier molecular flexibility index (Phi) is 2.48. The minimum atomic E-state index is -0.229. The van der Waals surface area contributed by atoms with Crippen LogP contribution in [0.3, 0.4) is 0 Å². The van der Waals surface area contributed by atoms with Gasteiger partial charge in [-0.15, -0.1) is 0 Å². The summed E-state index contributed by atoms with van der Waals surface area (Å²) in [5.41, 5.74) is 1.40. The molecule has 0 atom stereocenters. The quantitative estimate of drug-likeness (QED) is 0.726. The van der Waals surface area contributed by atoms with Gasteiger partial charge < -0.3 is 10.0 Å². The molecule has 4 nitrogen and oxygen atoms in total. The Hall–Kier alpha value is -2.10. The van der Waals surface area contributed by atoms with Crippen LogP contribution in [0.1, 0.15) is 12.5 Å². The molecule has 1 aromatic rings. The number of nitrogens with zero attached hydrogens (tertiary/aromatic N) is 2. The average molecular weight is 216 g/mol. The molecule has 1 N–H and O–H groups in total. The summed E-state index contributed by atoms with van der Waals surface area (Å²) in [6.45, 7) is 1.79. The summed E-state index contributed by atoms with van der Waals surface area (Å²) < 4.78 is 0. The SMILES string of the molecule is CC1=NC(=O)C(=Cc2ccc(O)cc2)N1C. The van der Waals surface area contributed by atoms with E-state index in [1.807, 2.05) is 0 Å². The van der Waals surface area contributed by atoms with Gasteiger partial charge in [-0.3, -0.25) is 4.79 Å². The third-order valence-electron chi connectivity index (χ3n) is 2.53. The van der Waals surface area contributed by atoms with Gasteiger partial charge >= 0.3 is 0 Å². The molecule has 0 spiro atoms. The standard InChI is InChI=1S/C12H12N2O2/c1-8-13-12(16)11(14(8)2)7-9-3-5-10(15)6-4-9/h3-7,15H,1-2H3. The molecule has 0 bridgehead atoms. The lowest BCUT2D eigenvalue weighted by molar-refractivity contribution is -0.114. The predicted octanol–water partition coefficient (Wildman–Crippen LogP) is 1.62. The van der Waals surface area contributed by atoms with Crippen LogP contribution in [0.25, 0.3) is 6.08 Å². The summed E-state index contributed by atoms with van der Waals surface area (Å²) in [6.07, 6.45) is 1.75. The first-order chi connectivity index (χ1) is 7.58. The zero-order valence-electron chi connectivity index (χ0n) is 9.14. The number of phenolic OH excluding ortho intramolecular Hbond substituents is 1. The van der Waals surface area contributed by atoms with E-state index in [4.69, 9.17) is 5.11 Å². The van der Waals surface area contributed by atoms with Gasteiger partial charge in [-0.05, 0) is 30.7 Å². The Labute approximate surface area is 93.5 Å². The number of rotatable bonds is 1. The van der Waals surface area contributed by atoms with Crippen molar-refractivity contribution in [2.45, 2.75) is 6.92 Å². The fourth-order valence-electron chi connectivity index (χ4n) is 1.48. The molecule has 16 heavy (non-hydrogen) atoms. The molecule has 1 aliphatic rings. The molecular weight excluding hydrogens is 204 g/mol. The van der Waals surface area contributed by atoms with Crippen molar-refractivity contribution in [2.75, 3.05) is 7.05 Å². The molecule has 1 amide bonds. The van der Waals surface area contributed by atoms with Gasteiger partial charge in [0.15, 0.2) is 0 Å². The molecule has 1 aromatic carbocycles. The molecule has 0 saturated carbocycles. The molecule has 1 heterocycles. The lowest BCUT2D eigenvalue weighted by atomic mass is 10.2. The lowest BCUT2D eigenvalue weighted by Crippen LogP contribution is -2.18. The Bertz CT molecular complexity index is 486. The van der Waals surface area contributed by atoms with Crippen LogP contribution in [-0.2, 0) is 4.79 Å². The summed E-state index contributed by atoms with van der Waals surface area (Å²) in [5.74, 6) is 0.670. The van der Waals surface area contributed by atoms with E-state index in [9.17, 15) is 4.79 Å². The molecule has 1 aliphatic heterocycles. The highest BCUT2D eigenvalue weighted by molar-refractivity contribution is 6.12. The van der Waals surface area contributed by atoms with Crippen LogP contribution in [-0.4, -0.2) is 28.8 Å². The van der Waals surface area contributed by atoms with Crippen molar-refractivity contribution in [3.8, 4) is 5.75 Å². The van der Waals surface area contributed by atoms with Gasteiger partial charge in [-0.25, -0.2) is 0 Å². The number of carbonyl (C=O) groups excluding carboxylic acids is 1. The van der Waals surface area contributed by atoms with Gasteiger partial charge in [0.25, 0.3) is 5.91 Å². The van der Waals surface area contributed by atoms with Crippen LogP contribution >= 0.6 is 0 Å². The van der Waals surface area contributed by atoms with E-state index < -0.39 is 0 Å². The van der Waals surface area contributed by atoms with Crippen LogP contribution < -0.4 is 0 Å². The molecule has 0 fully saturated rings. The first kappa shape index (κ1) is 10.4. The smallest absolute Gasteiger partial charge is 0.295 e. The van der Waals surface area contributed by atoms with Gasteiger partial charge in [0.1, 0.15) is 17.3 Å². The van der Waals surface area contributed by atoms with Gasteiger partial charge in [0.05, 0.1) is 0 Å². The predicted molar refractivity (Wildman–Crippen MR) is 62.0 cm³/mol. The van der Waals surface area contributed by atoms with Crippen LogP contribution in [0, 0.1) is 0 Å². The second-order valence-corrected chi connectivity index (χ2v) is 3.64. The monoisotopic (exact) mass is 216 g/mol. The highest BCUT2D eigenvalue weighted by atomic mass is 16.3. The summed E-state index contributed by atoms with van der Waals surface area (Å²) in [4.78, 5) is 17.1. The number of aliphatic imine (C=N–C) groups is 1. The largest absolute Gasteiger partial charge is 0.508 e. The number of aromatic hydroxyl groups is 1. The zero-order chi connectivity index (χ0) is 11.7. The minimum absolute atomic E-state index is 0.209. The highest BCUT2D eigenvalue weighted by Gasteiger charge is 2.22. The van der Waals surface area contributed by atoms with Gasteiger partial charge in [-0.2, -0.15) is 4.99 Å². The van der Waals surface area contributed by atoms with Crippen molar-refractivity contribution in [3.05, 3.63) is 35.5 Å². The summed E-state index contributed by atoms with van der Waals surface area (Å²) in [5, 5.41) is 9.14. The van der Waals surface area contributed by atoms with E-state index in [1.165, 1.54) is 0 Å². The van der Waals surface area contributed by atoms with E-state index in [-0.39, 0.29) is 11.7 Å². The first-order valence-corrected chi connectivity index (χ1v) is 4.92. The molecular formula is C12H12N2O2. The van der Waals surface area contributed by atoms with E-state index >= 15 is 0 Å². The first-order valence-electron chi connectivity index (χ1n) is 4.92. The zero-order valence-corrected chi connectivity index (χ0v) is 9.14. The molecule has 0 aliphatic carbocycles. The maximum Gasteiger partial charge on any atom is 0.295 e. The third kappa shape index (κ3) is 1.82. The topological polar surface area (TPSA) is 52.9 Å². The number of benzene rings is 1. The van der Waals surface area contributed by atoms with Gasteiger partial charge in [0.2, 0.25) is 0 Å². The molecule has 4 heteroatoms. The van der Waals surface area contributed by atoms with E-state index in [1.54, 1.807) is 49.2 Å². The fourth-order valence-corrected chi connectivity index (χ4v) is 1.48. The molecule has 2 rings (SSSR count). The van der Waals surface area contributed by atoms with E-state index in [0.29, 0.717) is 11.5 Å². The Balaban J connectivity index is 2.32. The Morgan fingerprint density at radius 2 is 1.94 bits per heavy atom. The maximum atomic E-state index is 11.5. The van der Waals surface area contributed by atoms with E-state index in [0.717, 1.165) is 5.56 Å². The molecule has 0 unspecified atom stereocenters. The van der Waals surface area contributed by atoms with Crippen molar-refractivity contribution in [2.24, 2.45) is 4.99 Å². The third-order valence-corrected chi connectivity index (χ3v) is 2.53. The minimum Gasteiger partial charge on any atom is -0.508 e. The Morgan fingerprint density at radius 3 is 2.44 bits per heavy atom. The van der Waals surface area contributed by atoms with E-state index in [2.05, 4.69) is 4.99 Å². The van der Waals surface area contributed by atoms with Crippen LogP contribution in [0.4, 0.5) is 0 Å². The van der Waals surface area contributed by atoms with Crippen LogP contribution in [0.15, 0.2) is 35.0 Å². The number of amides is 1. The van der Waals surface area contributed by atoms with Crippen LogP contribution in [0.2, 0.25) is 0 Å². The number of phenols is 1. The number of hydrogen-bond acceptors (Lipinski definition) is 3. The van der Waals surface area contributed by atoms with Crippen molar-refractivity contribution in [1.82, 2.24) is 4.90 Å². The molecule has 0 radical (unpaired) electrons. The summed E-state index contributed by atoms with van der Waals surface area (Å²) >= 11 is 0. The number of amidine groups is 1. The number of carbonyl (C=O) groups is 1. The highest BCUT2D eigenvalue weighted by Crippen LogP contribution is 2.18. The second kappa shape index (κ2) is 3.81. The second-order valence-electron chi connectivity index (χ2n) is 3.64. The van der Waals surface area contributed by atoms with Gasteiger partial charge in [0, 0.05) is 7.05 Å². The summed E-state index contributed by atoms with van der Waals surface area (Å²) in [6, 6.07) is 6.66. The fraction of sp³-hybridized carbons (Fsp3) is 0.167. The maximum absolute atomic E-state index is 11.5. The molecule has 0 saturated heterocycles. The van der Waals surface area contributed by atoms with Crippen molar-refractivity contribution >= 4 is 17.8 Å². The van der Waals surface area contributed by atoms with Crippen LogP contribution in [0.5, 0.6) is 5.75 Å². The van der Waals surface area contributed by atoms with Gasteiger partial charge in [-0.1, -0.05) is 12.1 Å². The van der Waals surface area contributed by atoms with Crippen molar-refractivity contribution < 1.29 is 9.90 Å². The number of hydrogen-bond donors (Lipinski definition) is 1. The molecule has 82 valence electrons. The molecule has 0 aromatic heterocycles. The summed E-state index contributed by atoms with van der Waals surface area (Å²) in [7, 11) is 1.80.